The van der Waals surface area contributed by atoms with E-state index in [0.717, 1.165) is 59.9 Å². The Morgan fingerprint density at radius 2 is 1.91 bits per heavy atom. The lowest BCUT2D eigenvalue weighted by atomic mass is 10.2. The maximum absolute atomic E-state index is 12.4. The molecule has 0 aliphatic carbocycles. The molecule has 32 heavy (non-hydrogen) atoms. The highest BCUT2D eigenvalue weighted by Crippen LogP contribution is 2.27. The lowest BCUT2D eigenvalue weighted by molar-refractivity contribution is -0.122. The molecule has 1 N–H and O–H groups in total. The molecule has 1 saturated heterocycles. The summed E-state index contributed by atoms with van der Waals surface area (Å²) in [6, 6.07) is 12.1. The summed E-state index contributed by atoms with van der Waals surface area (Å²) in [5.41, 5.74) is 2.14. The number of thiophene rings is 1. The average Bonchev–Trinajstić information content (AvgIpc) is 3.50. The molecule has 1 aliphatic heterocycles. The van der Waals surface area contributed by atoms with Crippen molar-refractivity contribution in [2.75, 3.05) is 44.2 Å². The first-order chi connectivity index (χ1) is 15.8. The van der Waals surface area contributed by atoms with Crippen LogP contribution in [0.25, 0.3) is 15.9 Å². The average molecular weight is 448 g/mol. The Bertz CT molecular complexity index is 1180. The molecule has 0 atom stereocenters. The lowest BCUT2D eigenvalue weighted by Gasteiger charge is -2.35. The fourth-order valence-corrected chi connectivity index (χ4v) is 4.69. The van der Waals surface area contributed by atoms with Crippen LogP contribution in [0.15, 0.2) is 60.5 Å². The van der Waals surface area contributed by atoms with E-state index in [1.165, 1.54) is 0 Å². The van der Waals surface area contributed by atoms with Crippen molar-refractivity contribution in [1.29, 1.82) is 0 Å². The fraction of sp³-hybridized carbons (Fsp3) is 0.304. The van der Waals surface area contributed by atoms with Crippen LogP contribution in [-0.2, 0) is 11.2 Å². The van der Waals surface area contributed by atoms with E-state index in [2.05, 4.69) is 41.6 Å². The quantitative estimate of drug-likeness (QED) is 0.469. The summed E-state index contributed by atoms with van der Waals surface area (Å²) in [4.78, 5) is 26.7. The van der Waals surface area contributed by atoms with Crippen molar-refractivity contribution in [3.8, 4) is 5.69 Å². The van der Waals surface area contributed by atoms with Gasteiger partial charge in [-0.3, -0.25) is 9.69 Å². The Morgan fingerprint density at radius 1 is 1.06 bits per heavy atom. The van der Waals surface area contributed by atoms with Gasteiger partial charge in [-0.15, -0.1) is 11.3 Å². The third-order valence-electron chi connectivity index (χ3n) is 5.67. The van der Waals surface area contributed by atoms with Crippen molar-refractivity contribution in [2.24, 2.45) is 0 Å². The van der Waals surface area contributed by atoms with Crippen LogP contribution in [-0.4, -0.2) is 69.8 Å². The van der Waals surface area contributed by atoms with E-state index in [9.17, 15) is 4.79 Å². The second kappa shape index (κ2) is 9.46. The van der Waals surface area contributed by atoms with Gasteiger partial charge >= 0.3 is 0 Å². The highest BCUT2D eigenvalue weighted by Gasteiger charge is 2.21. The predicted molar refractivity (Wildman–Crippen MR) is 126 cm³/mol. The van der Waals surface area contributed by atoms with Gasteiger partial charge in [-0.05, 0) is 35.6 Å². The van der Waals surface area contributed by atoms with E-state index in [0.29, 0.717) is 13.1 Å². The number of piperazine rings is 1. The number of carbonyl (C=O) groups excluding carboxylic acids is 1. The van der Waals surface area contributed by atoms with Gasteiger partial charge in [-0.1, -0.05) is 18.2 Å². The number of nitrogens with zero attached hydrogens (tertiary/aromatic N) is 6. The van der Waals surface area contributed by atoms with Gasteiger partial charge < -0.3 is 10.2 Å². The number of nitrogens with one attached hydrogen (secondary N) is 1. The third-order valence-corrected chi connectivity index (χ3v) is 6.49. The van der Waals surface area contributed by atoms with Crippen LogP contribution in [0.3, 0.4) is 0 Å². The molecular formula is C23H25N7OS. The van der Waals surface area contributed by atoms with Crippen molar-refractivity contribution >= 4 is 33.3 Å². The molecule has 1 aromatic carbocycles. The van der Waals surface area contributed by atoms with Crippen LogP contribution in [0.1, 0.15) is 5.56 Å². The van der Waals surface area contributed by atoms with Gasteiger partial charge in [0.05, 0.1) is 23.8 Å². The molecule has 4 heterocycles. The monoisotopic (exact) mass is 447 g/mol. The molecule has 8 nitrogen and oxygen atoms in total. The number of rotatable bonds is 7. The first kappa shape index (κ1) is 20.6. The van der Waals surface area contributed by atoms with Crippen LogP contribution in [0.2, 0.25) is 0 Å². The molecule has 0 spiro atoms. The van der Waals surface area contributed by atoms with Crippen LogP contribution >= 0.6 is 11.3 Å². The number of fused-ring (bicyclic) bond motifs is 1. The van der Waals surface area contributed by atoms with Gasteiger partial charge in [0.25, 0.3) is 0 Å². The number of carbonyl (C=O) groups is 1. The van der Waals surface area contributed by atoms with E-state index in [1.54, 1.807) is 17.7 Å². The molecule has 0 saturated carbocycles. The summed E-state index contributed by atoms with van der Waals surface area (Å²) >= 11 is 1.63. The molecule has 1 amide bonds. The molecule has 1 aliphatic rings. The zero-order valence-corrected chi connectivity index (χ0v) is 18.5. The zero-order valence-electron chi connectivity index (χ0n) is 17.7. The zero-order chi connectivity index (χ0) is 21.8. The third kappa shape index (κ3) is 4.63. The maximum atomic E-state index is 12.4. The fourth-order valence-electron chi connectivity index (χ4n) is 3.96. The molecule has 5 rings (SSSR count). The Kier molecular flexibility index (Phi) is 6.09. The first-order valence-corrected chi connectivity index (χ1v) is 11.7. The van der Waals surface area contributed by atoms with Crippen LogP contribution in [0, 0.1) is 0 Å². The highest BCUT2D eigenvalue weighted by atomic mass is 32.1. The van der Waals surface area contributed by atoms with E-state index in [1.807, 2.05) is 47.4 Å². The van der Waals surface area contributed by atoms with Crippen LogP contribution in [0.4, 0.5) is 5.82 Å². The number of amides is 1. The smallest absolute Gasteiger partial charge is 0.234 e. The number of benzene rings is 1. The van der Waals surface area contributed by atoms with Gasteiger partial charge in [0.1, 0.15) is 17.0 Å². The highest BCUT2D eigenvalue weighted by molar-refractivity contribution is 7.16. The number of para-hydroxylation sites is 1. The predicted octanol–water partition coefficient (Wildman–Crippen LogP) is 2.36. The van der Waals surface area contributed by atoms with Crippen LogP contribution in [0.5, 0.6) is 0 Å². The van der Waals surface area contributed by atoms with Gasteiger partial charge in [0.2, 0.25) is 5.91 Å². The summed E-state index contributed by atoms with van der Waals surface area (Å²) in [5.74, 6) is 1.06. The number of aromatic nitrogens is 4. The Morgan fingerprint density at radius 3 is 2.75 bits per heavy atom. The number of hydrogen-bond acceptors (Lipinski definition) is 7. The Hall–Kier alpha value is -3.30. The molecule has 0 bridgehead atoms. The number of hydrogen-bond donors (Lipinski definition) is 1. The molecule has 0 radical (unpaired) electrons. The minimum atomic E-state index is 0.0659. The number of anilines is 1. The summed E-state index contributed by atoms with van der Waals surface area (Å²) in [5, 5.41) is 10.6. The molecule has 164 valence electrons. The second-order valence-corrected chi connectivity index (χ2v) is 8.72. The minimum Gasteiger partial charge on any atom is -0.355 e. The van der Waals surface area contributed by atoms with Gasteiger partial charge in [-0.2, -0.15) is 5.10 Å². The molecular weight excluding hydrogens is 422 g/mol. The first-order valence-electron chi connectivity index (χ1n) is 10.8. The summed E-state index contributed by atoms with van der Waals surface area (Å²) < 4.78 is 1.86. The van der Waals surface area contributed by atoms with E-state index in [-0.39, 0.29) is 5.91 Å². The van der Waals surface area contributed by atoms with Crippen LogP contribution < -0.4 is 10.2 Å². The molecule has 4 aromatic rings. The lowest BCUT2D eigenvalue weighted by Crippen LogP contribution is -2.49. The van der Waals surface area contributed by atoms with Gasteiger partial charge in [-0.25, -0.2) is 14.6 Å². The Balaban J connectivity index is 1.06. The SMILES string of the molecule is O=C(CN1CCN(c2ncnc3sccc23)CC1)NCCc1cnn(-c2ccccc2)c1. The van der Waals surface area contributed by atoms with Gasteiger partial charge in [0, 0.05) is 38.9 Å². The van der Waals surface area contributed by atoms with E-state index >= 15 is 0 Å². The summed E-state index contributed by atoms with van der Waals surface area (Å²) in [6.07, 6.45) is 6.27. The van der Waals surface area contributed by atoms with E-state index in [4.69, 9.17) is 0 Å². The summed E-state index contributed by atoms with van der Waals surface area (Å²) in [7, 11) is 0. The Labute approximate surface area is 190 Å². The minimum absolute atomic E-state index is 0.0659. The molecule has 3 aromatic heterocycles. The van der Waals surface area contributed by atoms with Crippen molar-refractivity contribution in [2.45, 2.75) is 6.42 Å². The van der Waals surface area contributed by atoms with Crippen molar-refractivity contribution in [3.63, 3.8) is 0 Å². The maximum Gasteiger partial charge on any atom is 0.234 e. The standard InChI is InChI=1S/C23H25N7OS/c31-21(24-8-6-18-14-27-30(15-18)19-4-2-1-3-5-19)16-28-9-11-29(12-10-28)22-20-7-13-32-23(20)26-17-25-22/h1-5,7,13-15,17H,6,8-12,16H2,(H,24,31). The van der Waals surface area contributed by atoms with Crippen molar-refractivity contribution in [3.05, 3.63) is 66.1 Å². The second-order valence-electron chi connectivity index (χ2n) is 7.83. The summed E-state index contributed by atoms with van der Waals surface area (Å²) in [6.45, 7) is 4.42. The normalized spacial score (nSPS) is 14.7. The largest absolute Gasteiger partial charge is 0.355 e. The molecule has 0 unspecified atom stereocenters. The van der Waals surface area contributed by atoms with Gasteiger partial charge in [0.15, 0.2) is 0 Å². The molecule has 1 fully saturated rings. The van der Waals surface area contributed by atoms with E-state index < -0.39 is 0 Å². The van der Waals surface area contributed by atoms with Crippen molar-refractivity contribution < 1.29 is 4.79 Å². The molecule has 9 heteroatoms. The topological polar surface area (TPSA) is 79.2 Å². The van der Waals surface area contributed by atoms with Crippen molar-refractivity contribution in [1.82, 2.24) is 30.0 Å².